The Morgan fingerprint density at radius 3 is 1.53 bits per heavy atom. The first kappa shape index (κ1) is 24.3. The second-order valence-electron chi connectivity index (χ2n) is 10.5. The number of hydrogen-bond acceptors (Lipinski definition) is 4. The minimum atomic E-state index is -0.435. The van der Waals surface area contributed by atoms with Gasteiger partial charge in [-0.25, -0.2) is 0 Å². The van der Waals surface area contributed by atoms with Crippen molar-refractivity contribution in [2.24, 2.45) is 5.41 Å². The smallest absolute Gasteiger partial charge is 0.407 e. The van der Waals surface area contributed by atoms with Gasteiger partial charge in [0, 0.05) is 53.3 Å². The van der Waals surface area contributed by atoms with Gasteiger partial charge in [0.1, 0.15) is 0 Å². The third-order valence-corrected chi connectivity index (χ3v) is 6.81. The van der Waals surface area contributed by atoms with Crippen molar-refractivity contribution >= 4 is 12.6 Å². The molecule has 0 amide bonds. The van der Waals surface area contributed by atoms with Gasteiger partial charge in [0.25, 0.3) is 0 Å². The molecule has 5 aromatic rings. The third kappa shape index (κ3) is 5.04. The molecule has 2 aromatic heterocycles. The van der Waals surface area contributed by atoms with Gasteiger partial charge in [-0.05, 0) is 34.8 Å². The summed E-state index contributed by atoms with van der Waals surface area (Å²) in [4.78, 5) is 9.56. The summed E-state index contributed by atoms with van der Waals surface area (Å²) in [5, 5.41) is 0. The number of rotatable bonds is 5. The normalized spacial score (nSPS) is 14.8. The molecule has 5 heteroatoms. The fourth-order valence-electron chi connectivity index (χ4n) is 4.91. The lowest BCUT2D eigenvalue weighted by molar-refractivity contribution is 0.0343. The fraction of sp³-hybridized carbons (Fsp3) is 0.152. The monoisotopic (exact) mass is 496 g/mol. The van der Waals surface area contributed by atoms with E-state index in [0.29, 0.717) is 13.2 Å². The molecule has 38 heavy (non-hydrogen) atoms. The van der Waals surface area contributed by atoms with Crippen molar-refractivity contribution in [1.29, 1.82) is 0 Å². The lowest BCUT2D eigenvalue weighted by Gasteiger charge is -2.33. The van der Waals surface area contributed by atoms with Crippen molar-refractivity contribution in [3.63, 3.8) is 0 Å². The van der Waals surface area contributed by atoms with Crippen molar-refractivity contribution in [2.75, 3.05) is 13.2 Å². The molecule has 1 aliphatic heterocycles. The second kappa shape index (κ2) is 10.4. The number of nitrogens with zero attached hydrogens (tertiary/aromatic N) is 2. The molecule has 0 unspecified atom stereocenters. The van der Waals surface area contributed by atoms with Crippen LogP contribution in [0.25, 0.3) is 44.8 Å². The highest BCUT2D eigenvalue weighted by Crippen LogP contribution is 2.35. The van der Waals surface area contributed by atoms with Crippen LogP contribution in [-0.2, 0) is 9.31 Å². The largest absolute Gasteiger partial charge is 0.493 e. The highest BCUT2D eigenvalue weighted by atomic mass is 16.6. The first-order valence-corrected chi connectivity index (χ1v) is 13.0. The van der Waals surface area contributed by atoms with Crippen molar-refractivity contribution in [3.05, 3.63) is 116 Å². The van der Waals surface area contributed by atoms with Crippen molar-refractivity contribution in [1.82, 2.24) is 9.97 Å². The summed E-state index contributed by atoms with van der Waals surface area (Å²) in [6, 6.07) is 35.4. The Labute approximate surface area is 224 Å². The second-order valence-corrected chi connectivity index (χ2v) is 10.5. The predicted molar refractivity (Wildman–Crippen MR) is 155 cm³/mol. The molecule has 3 heterocycles. The summed E-state index contributed by atoms with van der Waals surface area (Å²) in [6.07, 6.45) is 3.70. The highest BCUT2D eigenvalue weighted by Gasteiger charge is 2.34. The van der Waals surface area contributed by atoms with E-state index in [0.717, 1.165) is 50.2 Å². The molecule has 0 saturated carbocycles. The lowest BCUT2D eigenvalue weighted by atomic mass is 9.73. The number of hydrogen-bond donors (Lipinski definition) is 0. The standard InChI is InChI=1S/C33H29BN2O2/c1-33(2)22-37-34(38-23-33)28-20-26(29-15-9-17-35-31(29)24-11-5-3-6-12-24)19-27(21-28)30-16-10-18-36-32(30)25-13-7-4-8-14-25/h3-21H,22-23H2,1-2H3. The zero-order chi connectivity index (χ0) is 26.0. The van der Waals surface area contributed by atoms with Crippen LogP contribution < -0.4 is 5.46 Å². The summed E-state index contributed by atoms with van der Waals surface area (Å²) < 4.78 is 12.5. The molecule has 0 bridgehead atoms. The van der Waals surface area contributed by atoms with Gasteiger partial charge in [-0.15, -0.1) is 0 Å². The zero-order valence-corrected chi connectivity index (χ0v) is 21.7. The Hall–Kier alpha value is -4.06. The number of aromatic nitrogens is 2. The summed E-state index contributed by atoms with van der Waals surface area (Å²) >= 11 is 0. The molecule has 3 aromatic carbocycles. The maximum absolute atomic E-state index is 6.24. The Bertz CT molecular complexity index is 1440. The van der Waals surface area contributed by atoms with Crippen LogP contribution in [0.3, 0.4) is 0 Å². The summed E-state index contributed by atoms with van der Waals surface area (Å²) in [6.45, 7) is 5.60. The van der Waals surface area contributed by atoms with E-state index in [-0.39, 0.29) is 5.41 Å². The molecule has 1 aliphatic rings. The maximum Gasteiger partial charge on any atom is 0.493 e. The molecular formula is C33H29BN2O2. The average molecular weight is 496 g/mol. The SMILES string of the molecule is CC1(C)COB(c2cc(-c3cccnc3-c3ccccc3)cc(-c3cccnc3-c3ccccc3)c2)OC1. The molecule has 1 saturated heterocycles. The van der Waals surface area contributed by atoms with Crippen molar-refractivity contribution in [3.8, 4) is 44.8 Å². The molecule has 186 valence electrons. The number of pyridine rings is 2. The summed E-state index contributed by atoms with van der Waals surface area (Å²) in [7, 11) is -0.435. The van der Waals surface area contributed by atoms with Crippen molar-refractivity contribution in [2.45, 2.75) is 13.8 Å². The summed E-state index contributed by atoms with van der Waals surface area (Å²) in [5.41, 5.74) is 9.25. The van der Waals surface area contributed by atoms with Crippen LogP contribution in [0, 0.1) is 5.41 Å². The van der Waals surface area contributed by atoms with E-state index in [9.17, 15) is 0 Å². The Morgan fingerprint density at radius 1 is 0.579 bits per heavy atom. The minimum Gasteiger partial charge on any atom is -0.407 e. The van der Waals surface area contributed by atoms with E-state index in [4.69, 9.17) is 19.3 Å². The van der Waals surface area contributed by atoms with E-state index in [2.05, 4.69) is 68.4 Å². The van der Waals surface area contributed by atoms with Gasteiger partial charge in [0.15, 0.2) is 0 Å². The predicted octanol–water partition coefficient (Wildman–Crippen LogP) is 6.91. The van der Waals surface area contributed by atoms with Gasteiger partial charge in [0.2, 0.25) is 0 Å². The molecule has 0 N–H and O–H groups in total. The maximum atomic E-state index is 6.24. The third-order valence-electron chi connectivity index (χ3n) is 6.81. The molecule has 6 rings (SSSR count). The van der Waals surface area contributed by atoms with Gasteiger partial charge in [-0.2, -0.15) is 0 Å². The first-order chi connectivity index (χ1) is 18.6. The van der Waals surface area contributed by atoms with E-state index < -0.39 is 7.12 Å². The first-order valence-electron chi connectivity index (χ1n) is 13.0. The zero-order valence-electron chi connectivity index (χ0n) is 21.7. The van der Waals surface area contributed by atoms with Crippen LogP contribution in [0.15, 0.2) is 116 Å². The Balaban J connectivity index is 1.53. The van der Waals surface area contributed by atoms with Gasteiger partial charge in [-0.1, -0.05) is 98.8 Å². The van der Waals surface area contributed by atoms with E-state index in [1.54, 1.807) is 0 Å². The summed E-state index contributed by atoms with van der Waals surface area (Å²) in [5.74, 6) is 0. The quantitative estimate of drug-likeness (QED) is 0.248. The molecular weight excluding hydrogens is 467 g/mol. The average Bonchev–Trinajstić information content (AvgIpc) is 2.98. The van der Waals surface area contributed by atoms with Crippen LogP contribution in [0.4, 0.5) is 0 Å². The van der Waals surface area contributed by atoms with Crippen LogP contribution in [-0.4, -0.2) is 30.3 Å². The van der Waals surface area contributed by atoms with E-state index >= 15 is 0 Å². The van der Waals surface area contributed by atoms with Crippen LogP contribution >= 0.6 is 0 Å². The van der Waals surface area contributed by atoms with E-state index in [1.807, 2.05) is 60.9 Å². The molecule has 0 atom stereocenters. The topological polar surface area (TPSA) is 44.2 Å². The van der Waals surface area contributed by atoms with Crippen LogP contribution in [0.2, 0.25) is 0 Å². The van der Waals surface area contributed by atoms with Crippen LogP contribution in [0.5, 0.6) is 0 Å². The molecule has 1 fully saturated rings. The van der Waals surface area contributed by atoms with Gasteiger partial charge < -0.3 is 9.31 Å². The Morgan fingerprint density at radius 2 is 1.05 bits per heavy atom. The fourth-order valence-corrected chi connectivity index (χ4v) is 4.91. The lowest BCUT2D eigenvalue weighted by Crippen LogP contribution is -2.47. The van der Waals surface area contributed by atoms with Crippen LogP contribution in [0.1, 0.15) is 13.8 Å². The molecule has 0 radical (unpaired) electrons. The molecule has 0 spiro atoms. The number of benzene rings is 3. The molecule has 4 nitrogen and oxygen atoms in total. The van der Waals surface area contributed by atoms with Gasteiger partial charge >= 0.3 is 7.12 Å². The molecule has 0 aliphatic carbocycles. The minimum absolute atomic E-state index is 0.00933. The van der Waals surface area contributed by atoms with E-state index in [1.165, 1.54) is 0 Å². The highest BCUT2D eigenvalue weighted by molar-refractivity contribution is 6.61. The van der Waals surface area contributed by atoms with Crippen molar-refractivity contribution < 1.29 is 9.31 Å². The van der Waals surface area contributed by atoms with Gasteiger partial charge in [-0.3, -0.25) is 9.97 Å². The Kier molecular flexibility index (Phi) is 6.63. The van der Waals surface area contributed by atoms with Gasteiger partial charge in [0.05, 0.1) is 11.4 Å².